The zero-order valence-corrected chi connectivity index (χ0v) is 14.4. The van der Waals surface area contributed by atoms with Crippen LogP contribution < -0.4 is 5.73 Å². The van der Waals surface area contributed by atoms with E-state index in [1.165, 1.54) is 43.2 Å². The van der Waals surface area contributed by atoms with Crippen LogP contribution in [0.4, 0.5) is 0 Å². The van der Waals surface area contributed by atoms with E-state index in [4.69, 9.17) is 5.73 Å². The van der Waals surface area contributed by atoms with Crippen molar-refractivity contribution in [2.45, 2.75) is 65.7 Å². The molecule has 0 radical (unpaired) electrons. The van der Waals surface area contributed by atoms with Gasteiger partial charge in [0.25, 0.3) is 0 Å². The molecule has 0 aliphatic heterocycles. The van der Waals surface area contributed by atoms with E-state index in [0.29, 0.717) is 17.3 Å². The molecule has 2 rings (SSSR count). The largest absolute Gasteiger partial charge is 0.330 e. The summed E-state index contributed by atoms with van der Waals surface area (Å²) in [6, 6.07) is 9.29. The normalized spacial score (nSPS) is 26.8. The van der Waals surface area contributed by atoms with Gasteiger partial charge in [-0.1, -0.05) is 58.4 Å². The van der Waals surface area contributed by atoms with Gasteiger partial charge in [0.2, 0.25) is 0 Å². The molecule has 0 aromatic heterocycles. The van der Waals surface area contributed by atoms with E-state index in [2.05, 4.69) is 52.0 Å². The van der Waals surface area contributed by atoms with Gasteiger partial charge in [-0.25, -0.2) is 0 Å². The molecule has 0 heterocycles. The summed E-state index contributed by atoms with van der Waals surface area (Å²) in [5, 5.41) is 0. The summed E-state index contributed by atoms with van der Waals surface area (Å²) in [6.07, 6.45) is 6.36. The molecular formula is C20H33N. The fourth-order valence-electron chi connectivity index (χ4n) is 3.98. The summed E-state index contributed by atoms with van der Waals surface area (Å²) in [5.41, 5.74) is 9.52. The van der Waals surface area contributed by atoms with Crippen LogP contribution in [0.1, 0.15) is 70.4 Å². The zero-order valence-electron chi connectivity index (χ0n) is 14.4. The maximum absolute atomic E-state index is 6.08. The van der Waals surface area contributed by atoms with E-state index in [9.17, 15) is 0 Å². The van der Waals surface area contributed by atoms with Crippen molar-refractivity contribution >= 4 is 0 Å². The highest BCUT2D eigenvalue weighted by atomic mass is 14.6. The maximum atomic E-state index is 6.08. The Morgan fingerprint density at radius 3 is 2.57 bits per heavy atom. The van der Waals surface area contributed by atoms with Crippen LogP contribution in [0.3, 0.4) is 0 Å². The quantitative estimate of drug-likeness (QED) is 0.815. The van der Waals surface area contributed by atoms with Crippen molar-refractivity contribution < 1.29 is 0 Å². The number of nitrogens with two attached hydrogens (primary N) is 1. The molecule has 21 heavy (non-hydrogen) atoms. The van der Waals surface area contributed by atoms with Crippen molar-refractivity contribution in [3.63, 3.8) is 0 Å². The van der Waals surface area contributed by atoms with Crippen molar-refractivity contribution in [1.82, 2.24) is 0 Å². The van der Waals surface area contributed by atoms with Gasteiger partial charge in [0, 0.05) is 0 Å². The third-order valence-electron chi connectivity index (χ3n) is 5.44. The summed E-state index contributed by atoms with van der Waals surface area (Å²) >= 11 is 0. The van der Waals surface area contributed by atoms with Gasteiger partial charge >= 0.3 is 0 Å². The lowest BCUT2D eigenvalue weighted by Crippen LogP contribution is -2.34. The van der Waals surface area contributed by atoms with Gasteiger partial charge < -0.3 is 5.73 Å². The molecular weight excluding hydrogens is 254 g/mol. The summed E-state index contributed by atoms with van der Waals surface area (Å²) in [7, 11) is 0. The first-order valence-corrected chi connectivity index (χ1v) is 8.74. The van der Waals surface area contributed by atoms with Crippen molar-refractivity contribution in [2.75, 3.05) is 6.54 Å². The van der Waals surface area contributed by atoms with Crippen LogP contribution in [-0.4, -0.2) is 6.54 Å². The summed E-state index contributed by atoms with van der Waals surface area (Å²) in [5.74, 6) is 2.14. The van der Waals surface area contributed by atoms with Crippen LogP contribution in [-0.2, 0) is 6.42 Å². The third kappa shape index (κ3) is 4.10. The molecule has 1 aromatic carbocycles. The average molecular weight is 287 g/mol. The van der Waals surface area contributed by atoms with E-state index in [-0.39, 0.29) is 0 Å². The molecule has 1 aliphatic carbocycles. The standard InChI is InChI=1S/C20H33N/c1-5-7-15-8-6-9-16(12-15)19-13-18(20(2,3)4)11-10-17(19)14-21/h6,8-9,12,17-19H,5,7,10-11,13-14,21H2,1-4H3. The monoisotopic (exact) mass is 287 g/mol. The maximum Gasteiger partial charge on any atom is -0.00430 e. The molecule has 3 atom stereocenters. The van der Waals surface area contributed by atoms with Gasteiger partial charge in [-0.05, 0) is 66.5 Å². The minimum absolute atomic E-state index is 0.416. The average Bonchev–Trinajstić information content (AvgIpc) is 2.46. The molecule has 0 amide bonds. The van der Waals surface area contributed by atoms with E-state index >= 15 is 0 Å². The molecule has 3 unspecified atom stereocenters. The Morgan fingerprint density at radius 1 is 1.19 bits per heavy atom. The highest BCUT2D eigenvalue weighted by molar-refractivity contribution is 5.28. The summed E-state index contributed by atoms with van der Waals surface area (Å²) in [4.78, 5) is 0. The van der Waals surface area contributed by atoms with Crippen LogP contribution in [0.15, 0.2) is 24.3 Å². The number of benzene rings is 1. The first-order chi connectivity index (χ1) is 9.95. The van der Waals surface area contributed by atoms with Gasteiger partial charge in [-0.2, -0.15) is 0 Å². The van der Waals surface area contributed by atoms with Crippen molar-refractivity contribution in [2.24, 2.45) is 23.0 Å². The molecule has 1 nitrogen and oxygen atoms in total. The second kappa shape index (κ2) is 6.96. The first-order valence-electron chi connectivity index (χ1n) is 8.74. The zero-order chi connectivity index (χ0) is 15.5. The van der Waals surface area contributed by atoms with E-state index < -0.39 is 0 Å². The Bertz CT molecular complexity index is 443. The lowest BCUT2D eigenvalue weighted by atomic mass is 9.64. The van der Waals surface area contributed by atoms with Crippen molar-refractivity contribution in [3.8, 4) is 0 Å². The predicted octanol–water partition coefficient (Wildman–Crippen LogP) is 5.14. The van der Waals surface area contributed by atoms with Gasteiger partial charge in [-0.15, -0.1) is 0 Å². The molecule has 2 N–H and O–H groups in total. The molecule has 0 bridgehead atoms. The number of rotatable bonds is 4. The summed E-state index contributed by atoms with van der Waals surface area (Å²) < 4.78 is 0. The van der Waals surface area contributed by atoms with Crippen LogP contribution in [0, 0.1) is 17.3 Å². The van der Waals surface area contributed by atoms with E-state index in [1.807, 2.05) is 0 Å². The smallest absolute Gasteiger partial charge is 0.00430 e. The molecule has 1 saturated carbocycles. The molecule has 1 aliphatic rings. The number of aryl methyl sites for hydroxylation is 1. The topological polar surface area (TPSA) is 26.0 Å². The third-order valence-corrected chi connectivity index (χ3v) is 5.44. The molecule has 0 saturated heterocycles. The van der Waals surface area contributed by atoms with Crippen LogP contribution in [0.5, 0.6) is 0 Å². The highest BCUT2D eigenvalue weighted by Crippen LogP contribution is 2.46. The van der Waals surface area contributed by atoms with Crippen molar-refractivity contribution in [1.29, 1.82) is 0 Å². The summed E-state index contributed by atoms with van der Waals surface area (Å²) in [6.45, 7) is 10.3. The number of hydrogen-bond donors (Lipinski definition) is 1. The van der Waals surface area contributed by atoms with Gasteiger partial charge in [0.05, 0.1) is 0 Å². The Morgan fingerprint density at radius 2 is 1.95 bits per heavy atom. The van der Waals surface area contributed by atoms with Gasteiger partial charge in [0.15, 0.2) is 0 Å². The lowest BCUT2D eigenvalue weighted by molar-refractivity contribution is 0.133. The predicted molar refractivity (Wildman–Crippen MR) is 92.5 cm³/mol. The second-order valence-electron chi connectivity index (χ2n) is 7.97. The number of hydrogen-bond acceptors (Lipinski definition) is 1. The SMILES string of the molecule is CCCc1cccc(C2CC(C(C)(C)C)CCC2CN)c1. The minimum Gasteiger partial charge on any atom is -0.330 e. The second-order valence-corrected chi connectivity index (χ2v) is 7.97. The minimum atomic E-state index is 0.416. The molecule has 0 spiro atoms. The van der Waals surface area contributed by atoms with Crippen molar-refractivity contribution in [3.05, 3.63) is 35.4 Å². The fourth-order valence-corrected chi connectivity index (χ4v) is 3.98. The van der Waals surface area contributed by atoms with Crippen LogP contribution in [0.25, 0.3) is 0 Å². The Labute approximate surface area is 131 Å². The Hall–Kier alpha value is -0.820. The van der Waals surface area contributed by atoms with Gasteiger partial charge in [-0.3, -0.25) is 0 Å². The molecule has 1 aromatic rings. The van der Waals surface area contributed by atoms with Crippen LogP contribution in [0.2, 0.25) is 0 Å². The highest BCUT2D eigenvalue weighted by Gasteiger charge is 2.35. The first kappa shape index (κ1) is 16.5. The van der Waals surface area contributed by atoms with Crippen LogP contribution >= 0.6 is 0 Å². The van der Waals surface area contributed by atoms with E-state index in [1.54, 1.807) is 0 Å². The Balaban J connectivity index is 2.22. The van der Waals surface area contributed by atoms with E-state index in [0.717, 1.165) is 12.5 Å². The molecule has 1 heteroatoms. The fraction of sp³-hybridized carbons (Fsp3) is 0.700. The Kier molecular flexibility index (Phi) is 5.48. The molecule has 1 fully saturated rings. The lowest BCUT2D eigenvalue weighted by Gasteiger charge is -2.42. The molecule has 118 valence electrons. The van der Waals surface area contributed by atoms with Gasteiger partial charge in [0.1, 0.15) is 0 Å².